The maximum atomic E-state index is 10.3. The molecule has 196 valence electrons. The summed E-state index contributed by atoms with van der Waals surface area (Å²) in [5, 5.41) is 0. The lowest BCUT2D eigenvalue weighted by molar-refractivity contribution is 0.564. The van der Waals surface area contributed by atoms with Crippen LogP contribution in [0.25, 0.3) is 0 Å². The zero-order chi connectivity index (χ0) is 28.7. The highest BCUT2D eigenvalue weighted by molar-refractivity contribution is 5.54. The Morgan fingerprint density at radius 1 is 0.425 bits per heavy atom. The monoisotopic (exact) mass is 528 g/mol. The van der Waals surface area contributed by atoms with Gasteiger partial charge >= 0.3 is 0 Å². The Morgan fingerprint density at radius 3 is 1.10 bits per heavy atom. The summed E-state index contributed by atoms with van der Waals surface area (Å²) >= 11 is 0. The molecule has 40 heavy (non-hydrogen) atoms. The SMILES string of the molecule is CC(c1ccc(N=C=O)cc1)c1ccc(N=C=O)cc1.CC(c1ccc(N=C=O)cc1)c1cccc(N=C=O)c1. The minimum absolute atomic E-state index is 0.145. The van der Waals surface area contributed by atoms with Gasteiger partial charge in [0.15, 0.2) is 0 Å². The molecular formula is C32H24N4O4. The molecule has 4 aromatic rings. The fraction of sp³-hybridized carbons (Fsp3) is 0.125. The van der Waals surface area contributed by atoms with Gasteiger partial charge in [0.1, 0.15) is 0 Å². The first-order chi connectivity index (χ1) is 19.5. The molecule has 0 fully saturated rings. The largest absolute Gasteiger partial charge is 0.240 e. The molecule has 0 spiro atoms. The fourth-order valence-electron chi connectivity index (χ4n) is 3.97. The summed E-state index contributed by atoms with van der Waals surface area (Å²) in [4.78, 5) is 55.1. The summed E-state index contributed by atoms with van der Waals surface area (Å²) in [6, 6.07) is 29.6. The molecule has 0 aliphatic rings. The highest BCUT2D eigenvalue weighted by Crippen LogP contribution is 2.29. The predicted octanol–water partition coefficient (Wildman–Crippen LogP) is 7.55. The third-order valence-corrected chi connectivity index (χ3v) is 6.25. The molecule has 0 amide bonds. The zero-order valence-electron chi connectivity index (χ0n) is 21.8. The Hall–Kier alpha value is -5.60. The van der Waals surface area contributed by atoms with Gasteiger partial charge in [-0.25, -0.2) is 19.2 Å². The van der Waals surface area contributed by atoms with Crippen LogP contribution in [0.4, 0.5) is 22.7 Å². The third-order valence-electron chi connectivity index (χ3n) is 6.25. The number of aliphatic imine (C=N–C) groups is 4. The van der Waals surface area contributed by atoms with Crippen LogP contribution in [0.5, 0.6) is 0 Å². The number of hydrogen-bond donors (Lipinski definition) is 0. The molecule has 0 saturated heterocycles. The number of hydrogen-bond acceptors (Lipinski definition) is 8. The van der Waals surface area contributed by atoms with Crippen LogP contribution < -0.4 is 0 Å². The normalized spacial score (nSPS) is 11.1. The minimum atomic E-state index is 0.145. The summed E-state index contributed by atoms with van der Waals surface area (Å²) in [6.45, 7) is 4.14. The van der Waals surface area contributed by atoms with Crippen LogP contribution in [0.15, 0.2) is 117 Å². The van der Waals surface area contributed by atoms with E-state index in [1.807, 2.05) is 54.6 Å². The second-order valence-electron chi connectivity index (χ2n) is 8.63. The van der Waals surface area contributed by atoms with Gasteiger partial charge in [0.2, 0.25) is 24.3 Å². The first-order valence-electron chi connectivity index (χ1n) is 12.2. The molecule has 0 aromatic heterocycles. The van der Waals surface area contributed by atoms with E-state index >= 15 is 0 Å². The third kappa shape index (κ3) is 8.20. The molecule has 1 atom stereocenters. The molecule has 4 rings (SSSR count). The van der Waals surface area contributed by atoms with Crippen LogP contribution in [-0.4, -0.2) is 24.3 Å². The number of isocyanates is 4. The number of benzene rings is 4. The fourth-order valence-corrected chi connectivity index (χ4v) is 3.97. The van der Waals surface area contributed by atoms with Gasteiger partial charge in [0, 0.05) is 11.8 Å². The molecule has 0 aliphatic carbocycles. The minimum Gasteiger partial charge on any atom is -0.211 e. The van der Waals surface area contributed by atoms with Crippen molar-refractivity contribution in [3.8, 4) is 0 Å². The van der Waals surface area contributed by atoms with E-state index in [-0.39, 0.29) is 11.8 Å². The number of nitrogens with zero attached hydrogens (tertiary/aromatic N) is 4. The van der Waals surface area contributed by atoms with Crippen molar-refractivity contribution in [2.75, 3.05) is 0 Å². The van der Waals surface area contributed by atoms with Crippen LogP contribution in [0.2, 0.25) is 0 Å². The van der Waals surface area contributed by atoms with E-state index in [1.165, 1.54) is 24.3 Å². The van der Waals surface area contributed by atoms with Gasteiger partial charge < -0.3 is 0 Å². The molecular weight excluding hydrogens is 504 g/mol. The van der Waals surface area contributed by atoms with Crippen LogP contribution in [-0.2, 0) is 19.2 Å². The topological polar surface area (TPSA) is 118 Å². The van der Waals surface area contributed by atoms with Crippen molar-refractivity contribution in [3.63, 3.8) is 0 Å². The van der Waals surface area contributed by atoms with E-state index in [9.17, 15) is 19.2 Å². The van der Waals surface area contributed by atoms with E-state index in [0.717, 1.165) is 22.3 Å². The Labute approximate surface area is 231 Å². The van der Waals surface area contributed by atoms with Crippen LogP contribution >= 0.6 is 0 Å². The highest BCUT2D eigenvalue weighted by atomic mass is 16.1. The Kier molecular flexibility index (Phi) is 10.8. The van der Waals surface area contributed by atoms with E-state index in [1.54, 1.807) is 42.5 Å². The average Bonchev–Trinajstić information content (AvgIpc) is 2.99. The molecule has 0 heterocycles. The van der Waals surface area contributed by atoms with Crippen LogP contribution in [0.1, 0.15) is 47.9 Å². The first kappa shape index (κ1) is 29.0. The number of rotatable bonds is 8. The van der Waals surface area contributed by atoms with Gasteiger partial charge in [-0.3, -0.25) is 0 Å². The summed E-state index contributed by atoms with van der Waals surface area (Å²) in [7, 11) is 0. The lowest BCUT2D eigenvalue weighted by atomic mass is 9.93. The standard InChI is InChI=1S/2C16H12N2O2/c1-12(13-2-6-15(7-3-13)17-10-19)14-4-8-16(9-5-14)18-11-20;1-12(13-5-7-15(8-6-13)17-10-19)14-3-2-4-16(9-14)18-11-20/h2*2-9,12H,1H3. The van der Waals surface area contributed by atoms with Crippen molar-refractivity contribution in [2.45, 2.75) is 25.7 Å². The van der Waals surface area contributed by atoms with E-state index in [2.05, 4.69) is 33.8 Å². The smallest absolute Gasteiger partial charge is 0.211 e. The van der Waals surface area contributed by atoms with Gasteiger partial charge in [-0.1, -0.05) is 62.4 Å². The molecule has 1 unspecified atom stereocenters. The van der Waals surface area contributed by atoms with Crippen molar-refractivity contribution >= 4 is 47.1 Å². The lowest BCUT2D eigenvalue weighted by Gasteiger charge is -2.12. The predicted molar refractivity (Wildman–Crippen MR) is 152 cm³/mol. The number of carbonyl (C=O) groups excluding carboxylic acids is 4. The molecule has 8 nitrogen and oxygen atoms in total. The molecule has 4 aromatic carbocycles. The summed E-state index contributed by atoms with van der Waals surface area (Å²) in [5.41, 5.74) is 6.71. The van der Waals surface area contributed by atoms with Gasteiger partial charge in [0.25, 0.3) is 0 Å². The summed E-state index contributed by atoms with van der Waals surface area (Å²) in [5.74, 6) is 0.338. The van der Waals surface area contributed by atoms with Crippen molar-refractivity contribution in [1.29, 1.82) is 0 Å². The molecule has 0 N–H and O–H groups in total. The lowest BCUT2D eigenvalue weighted by Crippen LogP contribution is -1.95. The van der Waals surface area contributed by atoms with E-state index in [0.29, 0.717) is 22.7 Å². The molecule has 0 bridgehead atoms. The summed E-state index contributed by atoms with van der Waals surface area (Å²) < 4.78 is 0. The van der Waals surface area contributed by atoms with Crippen molar-refractivity contribution < 1.29 is 19.2 Å². The van der Waals surface area contributed by atoms with Crippen LogP contribution in [0.3, 0.4) is 0 Å². The van der Waals surface area contributed by atoms with Gasteiger partial charge in [0.05, 0.1) is 22.7 Å². The Morgan fingerprint density at radius 2 is 0.750 bits per heavy atom. The summed E-state index contributed by atoms with van der Waals surface area (Å²) in [6.07, 6.45) is 6.08. The first-order valence-corrected chi connectivity index (χ1v) is 12.2. The molecule has 0 saturated carbocycles. The molecule has 8 heteroatoms. The van der Waals surface area contributed by atoms with Gasteiger partial charge in [-0.15, -0.1) is 0 Å². The van der Waals surface area contributed by atoms with E-state index < -0.39 is 0 Å². The average molecular weight is 529 g/mol. The van der Waals surface area contributed by atoms with Crippen LogP contribution in [0, 0.1) is 0 Å². The quantitative estimate of drug-likeness (QED) is 0.173. The second kappa shape index (κ2) is 15.0. The maximum absolute atomic E-state index is 10.3. The Balaban J connectivity index is 0.000000220. The second-order valence-corrected chi connectivity index (χ2v) is 8.63. The zero-order valence-corrected chi connectivity index (χ0v) is 21.8. The maximum Gasteiger partial charge on any atom is 0.240 e. The van der Waals surface area contributed by atoms with Gasteiger partial charge in [-0.05, 0) is 70.8 Å². The molecule has 0 radical (unpaired) electrons. The Bertz CT molecular complexity index is 1560. The van der Waals surface area contributed by atoms with E-state index in [4.69, 9.17) is 0 Å². The molecule has 0 aliphatic heterocycles. The van der Waals surface area contributed by atoms with Crippen molar-refractivity contribution in [1.82, 2.24) is 0 Å². The highest BCUT2D eigenvalue weighted by Gasteiger charge is 2.09. The van der Waals surface area contributed by atoms with Crippen molar-refractivity contribution in [2.24, 2.45) is 20.0 Å². The van der Waals surface area contributed by atoms with Gasteiger partial charge in [-0.2, -0.15) is 20.0 Å². The van der Waals surface area contributed by atoms with Crippen molar-refractivity contribution in [3.05, 3.63) is 119 Å².